The van der Waals surface area contributed by atoms with Crippen molar-refractivity contribution in [3.05, 3.63) is 58.3 Å². The minimum absolute atomic E-state index is 0.000370. The molecule has 22 heavy (non-hydrogen) atoms. The highest BCUT2D eigenvalue weighted by Crippen LogP contribution is 2.23. The van der Waals surface area contributed by atoms with E-state index in [1.807, 2.05) is 24.3 Å². The molecule has 0 aliphatic carbocycles. The molecular formula is C16H19N3O3. The normalized spacial score (nSPS) is 11.7. The number of hydrogen-bond acceptors (Lipinski definition) is 5. The third kappa shape index (κ3) is 3.94. The molecule has 0 radical (unpaired) electrons. The first-order valence-corrected chi connectivity index (χ1v) is 7.09. The first-order chi connectivity index (χ1) is 10.6. The molecule has 0 saturated heterocycles. The molecular weight excluding hydrogens is 282 g/mol. The number of aromatic nitrogens is 1. The molecule has 6 heteroatoms. The van der Waals surface area contributed by atoms with Crippen LogP contribution in [0.3, 0.4) is 0 Å². The van der Waals surface area contributed by atoms with Gasteiger partial charge in [0, 0.05) is 18.8 Å². The molecule has 1 unspecified atom stereocenters. The number of anilines is 1. The zero-order valence-electron chi connectivity index (χ0n) is 12.7. The summed E-state index contributed by atoms with van der Waals surface area (Å²) in [4.78, 5) is 14.5. The van der Waals surface area contributed by atoms with Gasteiger partial charge >= 0.3 is 5.69 Å². The standard InChI is InChI=1S/C16H19N3O3/c1-12(13-5-7-14(22-2)8-6-13)9-11-18-16-15(19(20)21)4-3-10-17-16/h3-8,10,12H,9,11H2,1-2H3,(H,17,18). The number of pyridine rings is 1. The van der Waals surface area contributed by atoms with Crippen molar-refractivity contribution in [1.29, 1.82) is 0 Å². The summed E-state index contributed by atoms with van der Waals surface area (Å²) in [6, 6.07) is 10.9. The van der Waals surface area contributed by atoms with Crippen LogP contribution in [0.5, 0.6) is 5.75 Å². The third-order valence-electron chi connectivity index (χ3n) is 3.54. The van der Waals surface area contributed by atoms with Gasteiger partial charge in [-0.15, -0.1) is 0 Å². The minimum atomic E-state index is -0.428. The van der Waals surface area contributed by atoms with Gasteiger partial charge in [0.1, 0.15) is 5.75 Å². The van der Waals surface area contributed by atoms with Crippen molar-refractivity contribution < 1.29 is 9.66 Å². The van der Waals surface area contributed by atoms with Crippen molar-refractivity contribution in [3.63, 3.8) is 0 Å². The SMILES string of the molecule is COc1ccc(C(C)CCNc2ncccc2[N+](=O)[O-])cc1. The lowest BCUT2D eigenvalue weighted by Crippen LogP contribution is -2.08. The number of methoxy groups -OCH3 is 1. The van der Waals surface area contributed by atoms with Gasteiger partial charge in [0.25, 0.3) is 0 Å². The summed E-state index contributed by atoms with van der Waals surface area (Å²) in [6.07, 6.45) is 2.39. The number of benzene rings is 1. The van der Waals surface area contributed by atoms with Crippen molar-refractivity contribution in [1.82, 2.24) is 4.98 Å². The first kappa shape index (κ1) is 15.8. The predicted octanol–water partition coefficient (Wildman–Crippen LogP) is 3.60. The summed E-state index contributed by atoms with van der Waals surface area (Å²) in [5.74, 6) is 1.48. The largest absolute Gasteiger partial charge is 0.497 e. The summed E-state index contributed by atoms with van der Waals surface area (Å²) >= 11 is 0. The van der Waals surface area contributed by atoms with Crippen LogP contribution in [0.15, 0.2) is 42.6 Å². The number of nitro groups is 1. The van der Waals surface area contributed by atoms with Gasteiger partial charge in [0.2, 0.25) is 5.82 Å². The van der Waals surface area contributed by atoms with E-state index in [-0.39, 0.29) is 5.69 Å². The Morgan fingerprint density at radius 3 is 2.68 bits per heavy atom. The molecule has 1 N–H and O–H groups in total. The van der Waals surface area contributed by atoms with Crippen LogP contribution in [0.1, 0.15) is 24.8 Å². The fourth-order valence-electron chi connectivity index (χ4n) is 2.19. The van der Waals surface area contributed by atoms with Gasteiger partial charge in [-0.3, -0.25) is 10.1 Å². The number of hydrogen-bond donors (Lipinski definition) is 1. The zero-order valence-corrected chi connectivity index (χ0v) is 12.7. The van der Waals surface area contributed by atoms with Crippen LogP contribution < -0.4 is 10.1 Å². The van der Waals surface area contributed by atoms with Crippen molar-refractivity contribution in [2.24, 2.45) is 0 Å². The second-order valence-electron chi connectivity index (χ2n) is 5.02. The number of nitrogens with one attached hydrogen (secondary N) is 1. The average Bonchev–Trinajstić information content (AvgIpc) is 2.55. The van der Waals surface area contributed by atoms with Crippen molar-refractivity contribution in [2.75, 3.05) is 19.0 Å². The van der Waals surface area contributed by atoms with Gasteiger partial charge in [-0.05, 0) is 36.1 Å². The van der Waals surface area contributed by atoms with Crippen LogP contribution >= 0.6 is 0 Å². The van der Waals surface area contributed by atoms with E-state index < -0.39 is 4.92 Å². The van der Waals surface area contributed by atoms with E-state index in [2.05, 4.69) is 17.2 Å². The van der Waals surface area contributed by atoms with Gasteiger partial charge in [0.05, 0.1) is 12.0 Å². The third-order valence-corrected chi connectivity index (χ3v) is 3.54. The van der Waals surface area contributed by atoms with E-state index in [1.165, 1.54) is 11.6 Å². The lowest BCUT2D eigenvalue weighted by atomic mass is 9.98. The van der Waals surface area contributed by atoms with Crippen LogP contribution in [-0.4, -0.2) is 23.6 Å². The van der Waals surface area contributed by atoms with E-state index in [4.69, 9.17) is 4.74 Å². The fraction of sp³-hybridized carbons (Fsp3) is 0.312. The van der Waals surface area contributed by atoms with Crippen LogP contribution in [0.4, 0.5) is 11.5 Å². The van der Waals surface area contributed by atoms with Gasteiger partial charge in [-0.25, -0.2) is 4.98 Å². The highest BCUT2D eigenvalue weighted by molar-refractivity contribution is 5.54. The highest BCUT2D eigenvalue weighted by atomic mass is 16.6. The molecule has 2 rings (SSSR count). The molecule has 1 aromatic carbocycles. The van der Waals surface area contributed by atoms with Gasteiger partial charge in [0.15, 0.2) is 0 Å². The Bertz CT molecular complexity index is 629. The van der Waals surface area contributed by atoms with E-state index in [0.29, 0.717) is 18.3 Å². The van der Waals surface area contributed by atoms with Crippen molar-refractivity contribution in [2.45, 2.75) is 19.3 Å². The van der Waals surface area contributed by atoms with E-state index in [0.717, 1.165) is 12.2 Å². The van der Waals surface area contributed by atoms with Crippen LogP contribution in [0.25, 0.3) is 0 Å². The number of rotatable bonds is 7. The van der Waals surface area contributed by atoms with Gasteiger partial charge < -0.3 is 10.1 Å². The lowest BCUT2D eigenvalue weighted by molar-refractivity contribution is -0.384. The predicted molar refractivity (Wildman–Crippen MR) is 85.4 cm³/mol. The van der Waals surface area contributed by atoms with Gasteiger partial charge in [-0.2, -0.15) is 0 Å². The van der Waals surface area contributed by atoms with Crippen molar-refractivity contribution in [3.8, 4) is 5.75 Å². The summed E-state index contributed by atoms with van der Waals surface area (Å²) in [5.41, 5.74) is 1.21. The van der Waals surface area contributed by atoms with Crippen LogP contribution in [0, 0.1) is 10.1 Å². The van der Waals surface area contributed by atoms with E-state index in [1.54, 1.807) is 19.4 Å². The molecule has 0 aliphatic heterocycles. The molecule has 1 heterocycles. The van der Waals surface area contributed by atoms with Crippen molar-refractivity contribution >= 4 is 11.5 Å². The van der Waals surface area contributed by atoms with Crippen LogP contribution in [-0.2, 0) is 0 Å². The molecule has 0 spiro atoms. The molecule has 0 saturated carbocycles. The Balaban J connectivity index is 1.91. The molecule has 0 bridgehead atoms. The Labute approximate surface area is 129 Å². The smallest absolute Gasteiger partial charge is 0.311 e. The Morgan fingerprint density at radius 2 is 2.05 bits per heavy atom. The molecule has 0 amide bonds. The van der Waals surface area contributed by atoms with E-state index in [9.17, 15) is 10.1 Å². The zero-order chi connectivity index (χ0) is 15.9. The summed E-state index contributed by atoms with van der Waals surface area (Å²) < 4.78 is 5.14. The van der Waals surface area contributed by atoms with Gasteiger partial charge in [-0.1, -0.05) is 19.1 Å². The molecule has 6 nitrogen and oxygen atoms in total. The van der Waals surface area contributed by atoms with E-state index >= 15 is 0 Å². The summed E-state index contributed by atoms with van der Waals surface area (Å²) in [6.45, 7) is 2.74. The molecule has 116 valence electrons. The maximum Gasteiger partial charge on any atom is 0.311 e. The molecule has 2 aromatic rings. The maximum atomic E-state index is 10.9. The first-order valence-electron chi connectivity index (χ1n) is 7.09. The summed E-state index contributed by atoms with van der Waals surface area (Å²) in [7, 11) is 1.64. The monoisotopic (exact) mass is 301 g/mol. The lowest BCUT2D eigenvalue weighted by Gasteiger charge is -2.13. The Hall–Kier alpha value is -2.63. The fourth-order valence-corrected chi connectivity index (χ4v) is 2.19. The molecule has 1 aromatic heterocycles. The highest BCUT2D eigenvalue weighted by Gasteiger charge is 2.14. The second-order valence-corrected chi connectivity index (χ2v) is 5.02. The topological polar surface area (TPSA) is 77.3 Å². The summed E-state index contributed by atoms with van der Waals surface area (Å²) in [5, 5.41) is 14.0. The second kappa shape index (κ2) is 7.40. The molecule has 0 aliphatic rings. The minimum Gasteiger partial charge on any atom is -0.497 e. The number of ether oxygens (including phenoxy) is 1. The quantitative estimate of drug-likeness (QED) is 0.624. The number of nitrogens with zero attached hydrogens (tertiary/aromatic N) is 2. The average molecular weight is 301 g/mol. The molecule has 1 atom stereocenters. The molecule has 0 fully saturated rings. The van der Waals surface area contributed by atoms with Crippen LogP contribution in [0.2, 0.25) is 0 Å². The Morgan fingerprint density at radius 1 is 1.32 bits per heavy atom. The Kier molecular flexibility index (Phi) is 5.30. The maximum absolute atomic E-state index is 10.9.